The summed E-state index contributed by atoms with van der Waals surface area (Å²) in [5, 5.41) is 0.258. The Hall–Kier alpha value is -0.240. The molecule has 1 saturated heterocycles. The summed E-state index contributed by atoms with van der Waals surface area (Å²) in [7, 11) is 0. The van der Waals surface area contributed by atoms with Crippen molar-refractivity contribution in [3.63, 3.8) is 0 Å². The van der Waals surface area contributed by atoms with Crippen molar-refractivity contribution in [2.75, 3.05) is 13.1 Å². The SMILES string of the molecule is CC(Cl)C1CCN(C(=O)C2C3C4CCC(C4)C23)CC1. The van der Waals surface area contributed by atoms with Gasteiger partial charge in [0.2, 0.25) is 5.91 Å². The van der Waals surface area contributed by atoms with E-state index in [9.17, 15) is 4.79 Å². The lowest BCUT2D eigenvalue weighted by molar-refractivity contribution is -0.135. The molecule has 1 heterocycles. The number of hydrogen-bond acceptors (Lipinski definition) is 1. The predicted octanol–water partition coefficient (Wildman–Crippen LogP) is 3.14. The van der Waals surface area contributed by atoms with Gasteiger partial charge in [-0.15, -0.1) is 11.6 Å². The van der Waals surface area contributed by atoms with E-state index < -0.39 is 0 Å². The molecular formula is C16H24ClNO. The summed E-state index contributed by atoms with van der Waals surface area (Å²) in [5.74, 6) is 4.92. The number of carbonyl (C=O) groups is 1. The Kier molecular flexibility index (Phi) is 2.88. The normalized spacial score (nSPS) is 46.2. The minimum atomic E-state index is 0.258. The summed E-state index contributed by atoms with van der Waals surface area (Å²) in [6, 6.07) is 0. The van der Waals surface area contributed by atoms with Crippen LogP contribution in [0.3, 0.4) is 0 Å². The molecule has 0 aromatic heterocycles. The van der Waals surface area contributed by atoms with Crippen molar-refractivity contribution < 1.29 is 4.79 Å². The summed E-state index contributed by atoms with van der Waals surface area (Å²) in [6.45, 7) is 3.99. The zero-order chi connectivity index (χ0) is 13.1. The molecule has 0 aromatic rings. The fourth-order valence-electron chi connectivity index (χ4n) is 5.45. The predicted molar refractivity (Wildman–Crippen MR) is 75.9 cm³/mol. The molecule has 5 unspecified atom stereocenters. The Morgan fingerprint density at radius 2 is 1.68 bits per heavy atom. The Balaban J connectivity index is 1.36. The largest absolute Gasteiger partial charge is 0.342 e. The maximum Gasteiger partial charge on any atom is 0.226 e. The van der Waals surface area contributed by atoms with E-state index in [1.165, 1.54) is 19.3 Å². The van der Waals surface area contributed by atoms with Crippen molar-refractivity contribution >= 4 is 17.5 Å². The average Bonchev–Trinajstić information content (AvgIpc) is 2.85. The van der Waals surface area contributed by atoms with Crippen molar-refractivity contribution in [2.24, 2.45) is 35.5 Å². The van der Waals surface area contributed by atoms with Crippen LogP contribution in [-0.2, 0) is 4.79 Å². The van der Waals surface area contributed by atoms with Gasteiger partial charge in [0.25, 0.3) is 0 Å². The third-order valence-corrected chi connectivity index (χ3v) is 6.88. The van der Waals surface area contributed by atoms with Crippen LogP contribution in [0.25, 0.3) is 0 Å². The van der Waals surface area contributed by atoms with Gasteiger partial charge in [-0.1, -0.05) is 0 Å². The molecule has 2 nitrogen and oxygen atoms in total. The fraction of sp³-hybridized carbons (Fsp3) is 0.938. The van der Waals surface area contributed by atoms with Crippen LogP contribution in [0.4, 0.5) is 0 Å². The van der Waals surface area contributed by atoms with E-state index in [1.54, 1.807) is 0 Å². The van der Waals surface area contributed by atoms with Gasteiger partial charge in [0.1, 0.15) is 0 Å². The number of nitrogens with zero attached hydrogens (tertiary/aromatic N) is 1. The van der Waals surface area contributed by atoms with Crippen molar-refractivity contribution in [3.05, 3.63) is 0 Å². The molecule has 2 bridgehead atoms. The second-order valence-electron chi connectivity index (χ2n) is 7.35. The average molecular weight is 282 g/mol. The van der Waals surface area contributed by atoms with Crippen LogP contribution in [0.5, 0.6) is 0 Å². The lowest BCUT2D eigenvalue weighted by Gasteiger charge is -2.33. The number of halogens is 1. The van der Waals surface area contributed by atoms with Crippen molar-refractivity contribution in [1.82, 2.24) is 4.90 Å². The topological polar surface area (TPSA) is 20.3 Å². The first-order chi connectivity index (χ1) is 9.16. The van der Waals surface area contributed by atoms with Gasteiger partial charge in [-0.05, 0) is 68.6 Å². The Bertz CT molecular complexity index is 372. The molecule has 1 amide bonds. The van der Waals surface area contributed by atoms with E-state index >= 15 is 0 Å². The number of amides is 1. The first kappa shape index (κ1) is 12.5. The second-order valence-corrected chi connectivity index (χ2v) is 8.04. The van der Waals surface area contributed by atoms with Gasteiger partial charge >= 0.3 is 0 Å². The van der Waals surface area contributed by atoms with E-state index in [2.05, 4.69) is 11.8 Å². The highest BCUT2D eigenvalue weighted by Gasteiger charge is 2.67. The minimum absolute atomic E-state index is 0.258. The van der Waals surface area contributed by atoms with E-state index in [-0.39, 0.29) is 5.38 Å². The van der Waals surface area contributed by atoms with Crippen LogP contribution in [0.1, 0.15) is 39.0 Å². The van der Waals surface area contributed by atoms with E-state index in [1.807, 2.05) is 0 Å². The smallest absolute Gasteiger partial charge is 0.226 e. The van der Waals surface area contributed by atoms with Gasteiger partial charge < -0.3 is 4.90 Å². The molecule has 4 aliphatic rings. The molecule has 0 N–H and O–H groups in total. The fourth-order valence-corrected chi connectivity index (χ4v) is 5.70. The number of piperidine rings is 1. The van der Waals surface area contributed by atoms with Gasteiger partial charge in [0.15, 0.2) is 0 Å². The van der Waals surface area contributed by atoms with Crippen LogP contribution >= 0.6 is 11.6 Å². The minimum Gasteiger partial charge on any atom is -0.342 e. The van der Waals surface area contributed by atoms with E-state index in [0.717, 1.165) is 49.6 Å². The zero-order valence-corrected chi connectivity index (χ0v) is 12.5. The summed E-state index contributed by atoms with van der Waals surface area (Å²) >= 11 is 6.18. The highest BCUT2D eigenvalue weighted by molar-refractivity contribution is 6.20. The lowest BCUT2D eigenvalue weighted by Crippen LogP contribution is -2.41. The molecule has 1 aliphatic heterocycles. The maximum absolute atomic E-state index is 12.7. The van der Waals surface area contributed by atoms with Crippen LogP contribution in [-0.4, -0.2) is 29.3 Å². The standard InChI is InChI=1S/C16H24ClNO/c1-9(17)10-4-6-18(7-5-10)16(19)15-13-11-2-3-12(8-11)14(13)15/h9-15H,2-8H2,1H3. The highest BCUT2D eigenvalue weighted by atomic mass is 35.5. The monoisotopic (exact) mass is 281 g/mol. The molecule has 106 valence electrons. The van der Waals surface area contributed by atoms with E-state index in [0.29, 0.717) is 17.7 Å². The third-order valence-electron chi connectivity index (χ3n) is 6.52. The quantitative estimate of drug-likeness (QED) is 0.712. The highest BCUT2D eigenvalue weighted by Crippen LogP contribution is 2.69. The van der Waals surface area contributed by atoms with Gasteiger partial charge in [-0.3, -0.25) is 4.79 Å². The molecule has 0 spiro atoms. The summed E-state index contributed by atoms with van der Waals surface area (Å²) in [4.78, 5) is 14.8. The van der Waals surface area contributed by atoms with Gasteiger partial charge in [-0.2, -0.15) is 0 Å². The number of fused-ring (bicyclic) bond motifs is 5. The Morgan fingerprint density at radius 1 is 1.11 bits per heavy atom. The van der Waals surface area contributed by atoms with Crippen molar-refractivity contribution in [1.29, 1.82) is 0 Å². The summed E-state index contributed by atoms with van der Waals surface area (Å²) in [6.07, 6.45) is 6.45. The molecular weight excluding hydrogens is 258 g/mol. The molecule has 19 heavy (non-hydrogen) atoms. The van der Waals surface area contributed by atoms with Crippen LogP contribution in [0, 0.1) is 35.5 Å². The number of rotatable bonds is 2. The lowest BCUT2D eigenvalue weighted by atomic mass is 9.93. The van der Waals surface area contributed by atoms with Crippen LogP contribution in [0.15, 0.2) is 0 Å². The number of likely N-dealkylation sites (tertiary alicyclic amines) is 1. The van der Waals surface area contributed by atoms with Crippen LogP contribution < -0.4 is 0 Å². The maximum atomic E-state index is 12.7. The van der Waals surface area contributed by atoms with E-state index in [4.69, 9.17) is 11.6 Å². The van der Waals surface area contributed by atoms with Crippen molar-refractivity contribution in [3.8, 4) is 0 Å². The zero-order valence-electron chi connectivity index (χ0n) is 11.7. The van der Waals surface area contributed by atoms with Crippen LogP contribution in [0.2, 0.25) is 0 Å². The van der Waals surface area contributed by atoms with Gasteiger partial charge in [-0.25, -0.2) is 0 Å². The second kappa shape index (κ2) is 4.38. The molecule has 3 aliphatic carbocycles. The molecule has 4 fully saturated rings. The Labute approximate surface area is 120 Å². The molecule has 5 atom stereocenters. The van der Waals surface area contributed by atoms with Gasteiger partial charge in [0.05, 0.1) is 0 Å². The number of hydrogen-bond donors (Lipinski definition) is 0. The summed E-state index contributed by atoms with van der Waals surface area (Å²) in [5.41, 5.74) is 0. The van der Waals surface area contributed by atoms with Gasteiger partial charge in [0, 0.05) is 24.4 Å². The Morgan fingerprint density at radius 3 is 2.21 bits per heavy atom. The first-order valence-corrected chi connectivity index (χ1v) is 8.53. The number of alkyl halides is 1. The molecule has 0 aromatic carbocycles. The molecule has 3 saturated carbocycles. The van der Waals surface area contributed by atoms with Crippen molar-refractivity contribution in [2.45, 2.75) is 44.4 Å². The molecule has 3 heteroatoms. The molecule has 0 radical (unpaired) electrons. The first-order valence-electron chi connectivity index (χ1n) is 8.09. The summed E-state index contributed by atoms with van der Waals surface area (Å²) < 4.78 is 0. The molecule has 4 rings (SSSR count). The number of carbonyl (C=O) groups excluding carboxylic acids is 1. The third kappa shape index (κ3) is 1.86.